The van der Waals surface area contributed by atoms with E-state index in [0.29, 0.717) is 18.0 Å². The molecule has 0 saturated carbocycles. The van der Waals surface area contributed by atoms with E-state index < -0.39 is 0 Å². The van der Waals surface area contributed by atoms with Gasteiger partial charge < -0.3 is 15.2 Å². The molecule has 3 aromatic rings. The van der Waals surface area contributed by atoms with Crippen molar-refractivity contribution in [3.63, 3.8) is 0 Å². The second-order valence-corrected chi connectivity index (χ2v) is 5.85. The number of thioether (sulfide) groups is 1. The third kappa shape index (κ3) is 3.11. The van der Waals surface area contributed by atoms with E-state index >= 15 is 0 Å². The van der Waals surface area contributed by atoms with Gasteiger partial charge in [-0.3, -0.25) is 4.40 Å². The van der Waals surface area contributed by atoms with Gasteiger partial charge in [-0.25, -0.2) is 9.97 Å². The van der Waals surface area contributed by atoms with E-state index in [0.717, 1.165) is 27.8 Å². The summed E-state index contributed by atoms with van der Waals surface area (Å²) in [5.74, 6) is 2.16. The number of hydrogen-bond acceptors (Lipinski definition) is 6. The lowest BCUT2D eigenvalue weighted by atomic mass is 10.1. The second kappa shape index (κ2) is 6.89. The highest BCUT2D eigenvalue weighted by atomic mass is 32.2. The fourth-order valence-electron chi connectivity index (χ4n) is 2.29. The maximum absolute atomic E-state index is 5.61. The predicted molar refractivity (Wildman–Crippen MR) is 91.3 cm³/mol. The van der Waals surface area contributed by atoms with Gasteiger partial charge in [0, 0.05) is 36.3 Å². The Hall–Kier alpha value is -2.25. The molecule has 2 aromatic heterocycles. The van der Waals surface area contributed by atoms with Gasteiger partial charge in [0.1, 0.15) is 5.65 Å². The molecule has 23 heavy (non-hydrogen) atoms. The molecule has 1 aromatic carbocycles. The minimum absolute atomic E-state index is 0.600. The third-order valence-corrected chi connectivity index (χ3v) is 4.37. The van der Waals surface area contributed by atoms with Crippen LogP contribution in [0.15, 0.2) is 41.8 Å². The summed E-state index contributed by atoms with van der Waals surface area (Å²) < 4.78 is 12.6. The minimum atomic E-state index is 0.600. The highest BCUT2D eigenvalue weighted by molar-refractivity contribution is 7.99. The molecule has 0 unspecified atom stereocenters. The highest BCUT2D eigenvalue weighted by Gasteiger charge is 2.11. The van der Waals surface area contributed by atoms with Gasteiger partial charge >= 0.3 is 0 Å². The van der Waals surface area contributed by atoms with Crippen molar-refractivity contribution in [2.24, 2.45) is 5.73 Å². The van der Waals surface area contributed by atoms with E-state index in [2.05, 4.69) is 4.98 Å². The Bertz CT molecular complexity index is 819. The Labute approximate surface area is 138 Å². The van der Waals surface area contributed by atoms with Crippen molar-refractivity contribution in [3.05, 3.63) is 36.7 Å². The van der Waals surface area contributed by atoms with Crippen LogP contribution in [0.3, 0.4) is 0 Å². The fourth-order valence-corrected chi connectivity index (χ4v) is 3.05. The van der Waals surface area contributed by atoms with E-state index in [1.54, 1.807) is 32.2 Å². The summed E-state index contributed by atoms with van der Waals surface area (Å²) in [4.78, 5) is 9.12. The van der Waals surface area contributed by atoms with Crippen LogP contribution < -0.4 is 15.2 Å². The zero-order valence-corrected chi connectivity index (χ0v) is 13.8. The van der Waals surface area contributed by atoms with Gasteiger partial charge in [-0.1, -0.05) is 11.8 Å². The van der Waals surface area contributed by atoms with Crippen LogP contribution in [0, 0.1) is 0 Å². The predicted octanol–water partition coefficient (Wildman–Crippen LogP) is 2.46. The van der Waals surface area contributed by atoms with E-state index in [4.69, 9.17) is 20.2 Å². The Kier molecular flexibility index (Phi) is 4.68. The molecule has 0 spiro atoms. The maximum atomic E-state index is 5.61. The molecule has 120 valence electrons. The number of fused-ring (bicyclic) bond motifs is 1. The number of ether oxygens (including phenoxy) is 2. The Morgan fingerprint density at radius 1 is 1.17 bits per heavy atom. The summed E-state index contributed by atoms with van der Waals surface area (Å²) in [6, 6.07) is 7.70. The summed E-state index contributed by atoms with van der Waals surface area (Å²) in [7, 11) is 3.24. The summed E-state index contributed by atoms with van der Waals surface area (Å²) in [6.07, 6.45) is 3.67. The standard InChI is InChI=1S/C16H18N4O2S/c1-21-13-4-3-11(9-14(13)22-2)12-10-15-18-6-7-20(15)16(19-12)23-8-5-17/h3-4,6-7,9-10H,5,8,17H2,1-2H3. The highest BCUT2D eigenvalue weighted by Crippen LogP contribution is 2.32. The zero-order chi connectivity index (χ0) is 16.2. The molecule has 0 atom stereocenters. The molecule has 0 aliphatic heterocycles. The van der Waals surface area contributed by atoms with Crippen molar-refractivity contribution in [1.29, 1.82) is 0 Å². The molecule has 0 saturated heterocycles. The quantitative estimate of drug-likeness (QED) is 0.553. The summed E-state index contributed by atoms with van der Waals surface area (Å²) >= 11 is 1.61. The Morgan fingerprint density at radius 2 is 2.00 bits per heavy atom. The largest absolute Gasteiger partial charge is 0.493 e. The number of benzene rings is 1. The van der Waals surface area contributed by atoms with Crippen molar-refractivity contribution in [1.82, 2.24) is 14.4 Å². The Balaban J connectivity index is 2.08. The van der Waals surface area contributed by atoms with Crippen molar-refractivity contribution < 1.29 is 9.47 Å². The Morgan fingerprint density at radius 3 is 2.74 bits per heavy atom. The topological polar surface area (TPSA) is 74.7 Å². The average Bonchev–Trinajstić information content (AvgIpc) is 3.07. The number of nitrogens with zero attached hydrogens (tertiary/aromatic N) is 3. The number of aromatic nitrogens is 3. The van der Waals surface area contributed by atoms with Gasteiger partial charge in [0.05, 0.1) is 19.9 Å². The van der Waals surface area contributed by atoms with Crippen LogP contribution in [0.1, 0.15) is 0 Å². The molecule has 0 fully saturated rings. The van der Waals surface area contributed by atoms with E-state index in [1.165, 1.54) is 0 Å². The molecular formula is C16H18N4O2S. The van der Waals surface area contributed by atoms with Crippen molar-refractivity contribution in [3.8, 4) is 22.8 Å². The van der Waals surface area contributed by atoms with E-state index in [-0.39, 0.29) is 0 Å². The third-order valence-electron chi connectivity index (χ3n) is 3.39. The van der Waals surface area contributed by atoms with Crippen LogP contribution >= 0.6 is 11.8 Å². The lowest BCUT2D eigenvalue weighted by Crippen LogP contribution is -2.04. The normalized spacial score (nSPS) is 10.9. The number of nitrogens with two attached hydrogens (primary N) is 1. The van der Waals surface area contributed by atoms with E-state index in [9.17, 15) is 0 Å². The van der Waals surface area contributed by atoms with Crippen LogP contribution in [0.2, 0.25) is 0 Å². The number of hydrogen-bond donors (Lipinski definition) is 1. The van der Waals surface area contributed by atoms with Crippen molar-refractivity contribution >= 4 is 17.4 Å². The van der Waals surface area contributed by atoms with Crippen molar-refractivity contribution in [2.75, 3.05) is 26.5 Å². The molecule has 0 aliphatic carbocycles. The molecule has 0 radical (unpaired) electrons. The SMILES string of the molecule is COc1ccc(-c2cc3nccn3c(SCCN)n2)cc1OC. The van der Waals surface area contributed by atoms with Gasteiger partial charge in [0.25, 0.3) is 0 Å². The van der Waals surface area contributed by atoms with Gasteiger partial charge in [0.2, 0.25) is 0 Å². The van der Waals surface area contributed by atoms with Gasteiger partial charge in [-0.2, -0.15) is 0 Å². The lowest BCUT2D eigenvalue weighted by Gasteiger charge is -2.11. The zero-order valence-electron chi connectivity index (χ0n) is 13.0. The smallest absolute Gasteiger partial charge is 0.174 e. The van der Waals surface area contributed by atoms with Crippen LogP contribution in [-0.4, -0.2) is 40.9 Å². The molecule has 0 amide bonds. The summed E-state index contributed by atoms with van der Waals surface area (Å²) in [5.41, 5.74) is 8.25. The van der Waals surface area contributed by atoms with Crippen molar-refractivity contribution in [2.45, 2.75) is 5.16 Å². The maximum Gasteiger partial charge on any atom is 0.174 e. The first-order chi connectivity index (χ1) is 11.3. The molecule has 2 N–H and O–H groups in total. The monoisotopic (exact) mass is 330 g/mol. The second-order valence-electron chi connectivity index (χ2n) is 4.79. The van der Waals surface area contributed by atoms with Gasteiger partial charge in [0.15, 0.2) is 16.7 Å². The van der Waals surface area contributed by atoms with Crippen LogP contribution in [0.4, 0.5) is 0 Å². The first-order valence-corrected chi connectivity index (χ1v) is 8.14. The minimum Gasteiger partial charge on any atom is -0.493 e. The molecule has 6 nitrogen and oxygen atoms in total. The molecule has 2 heterocycles. The number of methoxy groups -OCH3 is 2. The summed E-state index contributed by atoms with van der Waals surface area (Å²) in [5, 5.41) is 0.871. The average molecular weight is 330 g/mol. The lowest BCUT2D eigenvalue weighted by molar-refractivity contribution is 0.355. The van der Waals surface area contributed by atoms with Crippen LogP contribution in [-0.2, 0) is 0 Å². The van der Waals surface area contributed by atoms with E-state index in [1.807, 2.05) is 34.9 Å². The fraction of sp³-hybridized carbons (Fsp3) is 0.250. The van der Waals surface area contributed by atoms with Gasteiger partial charge in [-0.15, -0.1) is 0 Å². The van der Waals surface area contributed by atoms with Crippen LogP contribution in [0.25, 0.3) is 16.9 Å². The molecule has 7 heteroatoms. The first kappa shape index (κ1) is 15.6. The molecular weight excluding hydrogens is 312 g/mol. The van der Waals surface area contributed by atoms with Crippen LogP contribution in [0.5, 0.6) is 11.5 Å². The molecule has 0 aliphatic rings. The number of imidazole rings is 1. The number of rotatable bonds is 6. The summed E-state index contributed by atoms with van der Waals surface area (Å²) in [6.45, 7) is 0.600. The first-order valence-electron chi connectivity index (χ1n) is 7.16. The molecule has 0 bridgehead atoms. The molecule has 3 rings (SSSR count). The van der Waals surface area contributed by atoms with Gasteiger partial charge in [-0.05, 0) is 18.2 Å².